The summed E-state index contributed by atoms with van der Waals surface area (Å²) in [5, 5.41) is 4.13. The molecule has 0 spiro atoms. The van der Waals surface area contributed by atoms with Crippen molar-refractivity contribution in [3.63, 3.8) is 0 Å². The maximum absolute atomic E-state index is 13.5. The lowest BCUT2D eigenvalue weighted by Gasteiger charge is -2.25. The Bertz CT molecular complexity index is 1560. The van der Waals surface area contributed by atoms with Gasteiger partial charge in [0, 0.05) is 22.6 Å². The van der Waals surface area contributed by atoms with Gasteiger partial charge in [0.05, 0.1) is 16.8 Å². The number of hydrogen-bond acceptors (Lipinski definition) is 4. The molecule has 1 amide bonds. The molecule has 8 heteroatoms. The van der Waals surface area contributed by atoms with E-state index in [0.717, 1.165) is 38.1 Å². The molecular formula is C29H30N4O3S. The quantitative estimate of drug-likeness (QED) is 0.264. The lowest BCUT2D eigenvalue weighted by atomic mass is 10.2. The highest BCUT2D eigenvalue weighted by atomic mass is 32.2. The lowest BCUT2D eigenvalue weighted by Crippen LogP contribution is -2.40. The van der Waals surface area contributed by atoms with Crippen LogP contribution in [0.25, 0.3) is 5.69 Å². The number of carbonyl (C=O) groups excluding carboxylic acids is 1. The summed E-state index contributed by atoms with van der Waals surface area (Å²) < 4.78 is 30.2. The van der Waals surface area contributed by atoms with Crippen LogP contribution in [0.15, 0.2) is 94.9 Å². The molecule has 0 atom stereocenters. The van der Waals surface area contributed by atoms with Crippen LogP contribution in [0, 0.1) is 27.7 Å². The molecule has 0 fully saturated rings. The second kappa shape index (κ2) is 10.8. The first-order chi connectivity index (χ1) is 17.7. The van der Waals surface area contributed by atoms with Crippen LogP contribution in [-0.2, 0) is 14.8 Å². The molecule has 0 aliphatic rings. The third-order valence-corrected chi connectivity index (χ3v) is 7.90. The van der Waals surface area contributed by atoms with Crippen molar-refractivity contribution in [1.82, 2.24) is 9.99 Å². The number of aryl methyl sites for hydroxylation is 3. The van der Waals surface area contributed by atoms with Crippen molar-refractivity contribution in [2.45, 2.75) is 32.6 Å². The predicted octanol–water partition coefficient (Wildman–Crippen LogP) is 5.06. The molecule has 1 heterocycles. The Morgan fingerprint density at radius 2 is 1.62 bits per heavy atom. The molecule has 190 valence electrons. The third kappa shape index (κ3) is 5.65. The third-order valence-electron chi connectivity index (χ3n) is 6.13. The minimum Gasteiger partial charge on any atom is -0.318 e. The summed E-state index contributed by atoms with van der Waals surface area (Å²) in [6.07, 6.45) is 1.58. The van der Waals surface area contributed by atoms with E-state index in [4.69, 9.17) is 0 Å². The van der Waals surface area contributed by atoms with Crippen LogP contribution in [0.5, 0.6) is 0 Å². The van der Waals surface area contributed by atoms with Gasteiger partial charge in [0.25, 0.3) is 15.9 Å². The van der Waals surface area contributed by atoms with Gasteiger partial charge in [0.15, 0.2) is 0 Å². The molecule has 0 aliphatic heterocycles. The van der Waals surface area contributed by atoms with Gasteiger partial charge >= 0.3 is 0 Å². The number of sulfonamides is 1. The van der Waals surface area contributed by atoms with Crippen LogP contribution in [0.2, 0.25) is 0 Å². The summed E-state index contributed by atoms with van der Waals surface area (Å²) in [7, 11) is -3.97. The zero-order valence-corrected chi connectivity index (χ0v) is 22.2. The smallest absolute Gasteiger partial charge is 0.264 e. The molecule has 0 aliphatic carbocycles. The normalized spacial score (nSPS) is 11.6. The minimum absolute atomic E-state index is 0.109. The second-order valence-electron chi connectivity index (χ2n) is 8.91. The van der Waals surface area contributed by atoms with Crippen molar-refractivity contribution in [1.29, 1.82) is 0 Å². The van der Waals surface area contributed by atoms with Crippen molar-refractivity contribution < 1.29 is 13.2 Å². The fourth-order valence-corrected chi connectivity index (χ4v) is 5.79. The maximum Gasteiger partial charge on any atom is 0.264 e. The molecular weight excluding hydrogens is 484 g/mol. The van der Waals surface area contributed by atoms with Gasteiger partial charge < -0.3 is 4.57 Å². The zero-order valence-electron chi connectivity index (χ0n) is 21.3. The van der Waals surface area contributed by atoms with Crippen molar-refractivity contribution in [2.24, 2.45) is 5.10 Å². The number of anilines is 1. The number of rotatable bonds is 8. The van der Waals surface area contributed by atoms with E-state index in [9.17, 15) is 13.2 Å². The summed E-state index contributed by atoms with van der Waals surface area (Å²) in [4.78, 5) is 13.0. The highest BCUT2D eigenvalue weighted by molar-refractivity contribution is 7.92. The average molecular weight is 515 g/mol. The Balaban J connectivity index is 1.56. The Labute approximate surface area is 218 Å². The van der Waals surface area contributed by atoms with Gasteiger partial charge in [-0.15, -0.1) is 0 Å². The largest absolute Gasteiger partial charge is 0.318 e. The molecule has 4 rings (SSSR count). The molecule has 1 N–H and O–H groups in total. The van der Waals surface area contributed by atoms with Crippen LogP contribution in [-0.4, -0.2) is 31.7 Å². The van der Waals surface area contributed by atoms with Crippen molar-refractivity contribution in [2.75, 3.05) is 10.8 Å². The van der Waals surface area contributed by atoms with E-state index in [-0.39, 0.29) is 4.90 Å². The van der Waals surface area contributed by atoms with Crippen molar-refractivity contribution in [3.05, 3.63) is 113 Å². The van der Waals surface area contributed by atoms with E-state index in [2.05, 4.69) is 21.2 Å². The van der Waals surface area contributed by atoms with Crippen LogP contribution in [0.3, 0.4) is 0 Å². The summed E-state index contributed by atoms with van der Waals surface area (Å²) in [5.41, 5.74) is 8.76. The number of benzene rings is 3. The summed E-state index contributed by atoms with van der Waals surface area (Å²) in [5.74, 6) is -0.550. The maximum atomic E-state index is 13.5. The van der Waals surface area contributed by atoms with E-state index in [1.165, 1.54) is 12.1 Å². The molecule has 0 saturated carbocycles. The lowest BCUT2D eigenvalue weighted by molar-refractivity contribution is -0.119. The Kier molecular flexibility index (Phi) is 7.59. The van der Waals surface area contributed by atoms with Gasteiger partial charge in [-0.3, -0.25) is 9.10 Å². The number of hydrazone groups is 1. The second-order valence-corrected chi connectivity index (χ2v) is 10.8. The molecule has 0 bridgehead atoms. The van der Waals surface area contributed by atoms with Gasteiger partial charge in [0.1, 0.15) is 6.54 Å². The Morgan fingerprint density at radius 1 is 0.919 bits per heavy atom. The first-order valence-electron chi connectivity index (χ1n) is 11.9. The predicted molar refractivity (Wildman–Crippen MR) is 148 cm³/mol. The number of nitrogens with zero attached hydrogens (tertiary/aromatic N) is 3. The number of hydrogen-bond donors (Lipinski definition) is 1. The topological polar surface area (TPSA) is 83.8 Å². The fourth-order valence-electron chi connectivity index (χ4n) is 4.28. The number of carbonyl (C=O) groups is 1. The number of aromatic nitrogens is 1. The monoisotopic (exact) mass is 514 g/mol. The molecule has 0 saturated heterocycles. The van der Waals surface area contributed by atoms with Gasteiger partial charge in [-0.1, -0.05) is 48.5 Å². The summed E-state index contributed by atoms with van der Waals surface area (Å²) >= 11 is 0. The fraction of sp³-hybridized carbons (Fsp3) is 0.172. The Hall–Kier alpha value is -4.17. The molecule has 4 aromatic rings. The summed E-state index contributed by atoms with van der Waals surface area (Å²) in [6.45, 7) is 7.45. The van der Waals surface area contributed by atoms with E-state index in [1.54, 1.807) is 36.5 Å². The Morgan fingerprint density at radius 3 is 2.32 bits per heavy atom. The minimum atomic E-state index is -3.97. The number of amides is 1. The molecule has 3 aromatic carbocycles. The molecule has 7 nitrogen and oxygen atoms in total. The highest BCUT2D eigenvalue weighted by Crippen LogP contribution is 2.26. The van der Waals surface area contributed by atoms with Crippen LogP contribution < -0.4 is 9.73 Å². The van der Waals surface area contributed by atoms with Crippen LogP contribution in [0.4, 0.5) is 5.69 Å². The van der Waals surface area contributed by atoms with Gasteiger partial charge in [-0.2, -0.15) is 5.10 Å². The highest BCUT2D eigenvalue weighted by Gasteiger charge is 2.28. The van der Waals surface area contributed by atoms with Gasteiger partial charge in [-0.25, -0.2) is 13.8 Å². The standard InChI is InChI=1S/C29H30N4O3S/c1-21-11-10-13-26(17-21)33-23(3)18-25(24(33)4)19-30-31-29(34)20-32(28-16-9-8-12-22(28)2)37(35,36)27-14-6-5-7-15-27/h5-19H,20H2,1-4H3,(H,31,34)/b30-19-. The number of para-hydroxylation sites is 1. The van der Waals surface area contributed by atoms with E-state index < -0.39 is 22.5 Å². The zero-order chi connectivity index (χ0) is 26.6. The summed E-state index contributed by atoms with van der Waals surface area (Å²) in [6, 6.07) is 25.4. The first-order valence-corrected chi connectivity index (χ1v) is 13.3. The molecule has 37 heavy (non-hydrogen) atoms. The van der Waals surface area contributed by atoms with Crippen molar-refractivity contribution >= 4 is 27.8 Å². The number of nitrogens with one attached hydrogen (secondary N) is 1. The van der Waals surface area contributed by atoms with E-state index in [0.29, 0.717) is 5.69 Å². The molecule has 1 aromatic heterocycles. The van der Waals surface area contributed by atoms with Gasteiger partial charge in [0.2, 0.25) is 0 Å². The van der Waals surface area contributed by atoms with Crippen LogP contribution >= 0.6 is 0 Å². The van der Waals surface area contributed by atoms with E-state index in [1.807, 2.05) is 64.1 Å². The molecule has 0 unspecified atom stereocenters. The van der Waals surface area contributed by atoms with Crippen LogP contribution in [0.1, 0.15) is 28.1 Å². The van der Waals surface area contributed by atoms with Gasteiger partial charge in [-0.05, 0) is 75.2 Å². The average Bonchev–Trinajstić information content (AvgIpc) is 3.16. The van der Waals surface area contributed by atoms with E-state index >= 15 is 0 Å². The van der Waals surface area contributed by atoms with Crippen molar-refractivity contribution in [3.8, 4) is 5.69 Å². The SMILES string of the molecule is Cc1cccc(-n2c(C)cc(/C=N\NC(=O)CN(c3ccccc3C)S(=O)(=O)c3ccccc3)c2C)c1. The molecule has 0 radical (unpaired) electrons. The first kappa shape index (κ1) is 25.9.